The maximum absolute atomic E-state index is 14.8. The second-order valence-electron chi connectivity index (χ2n) is 7.28. The number of nitrogens with two attached hydrogens (primary N) is 1. The third-order valence-electron chi connectivity index (χ3n) is 4.71. The second-order valence-corrected chi connectivity index (χ2v) is 8.96. The largest absolute Gasteiger partial charge is 0.368 e. The Hall–Kier alpha value is -3.86. The zero-order valence-electron chi connectivity index (χ0n) is 17.2. The maximum atomic E-state index is 14.8. The van der Waals surface area contributed by atoms with Gasteiger partial charge in [0, 0.05) is 11.6 Å². The Morgan fingerprint density at radius 3 is 2.47 bits per heavy atom. The Bertz CT molecular complexity index is 1490. The highest BCUT2D eigenvalue weighted by atomic mass is 32.2. The minimum absolute atomic E-state index is 0.00114. The number of fused-ring (bicyclic) bond motifs is 1. The fourth-order valence-electron chi connectivity index (χ4n) is 3.23. The zero-order valence-corrected chi connectivity index (χ0v) is 18.0. The fraction of sp³-hybridized carbons (Fsp3) is 0.143. The lowest BCUT2D eigenvalue weighted by atomic mass is 10.1. The smallest absolute Gasteiger partial charge is 0.278 e. The predicted molar refractivity (Wildman–Crippen MR) is 119 cm³/mol. The molecule has 0 aliphatic heterocycles. The lowest BCUT2D eigenvalue weighted by molar-refractivity contribution is 0.593. The number of nitrogens with zero attached hydrogens (tertiary/aromatic N) is 4. The zero-order chi connectivity index (χ0) is 23.0. The van der Waals surface area contributed by atoms with Crippen molar-refractivity contribution in [2.24, 2.45) is 0 Å². The van der Waals surface area contributed by atoms with E-state index in [0.29, 0.717) is 5.52 Å². The van der Waals surface area contributed by atoms with Crippen molar-refractivity contribution < 1.29 is 12.8 Å². The number of rotatable bonds is 5. The van der Waals surface area contributed by atoms with Crippen molar-refractivity contribution in [3.63, 3.8) is 0 Å². The van der Waals surface area contributed by atoms with E-state index in [1.165, 1.54) is 35.0 Å². The molecule has 2 aromatic heterocycles. The van der Waals surface area contributed by atoms with Crippen molar-refractivity contribution >= 4 is 32.8 Å². The van der Waals surface area contributed by atoms with Gasteiger partial charge in [0.25, 0.3) is 15.6 Å². The van der Waals surface area contributed by atoms with Crippen LogP contribution in [0.15, 0.2) is 64.4 Å². The van der Waals surface area contributed by atoms with Crippen molar-refractivity contribution in [1.29, 1.82) is 0 Å². The quantitative estimate of drug-likeness (QED) is 0.474. The monoisotopic (exact) mass is 454 g/mol. The molecule has 0 aliphatic carbocycles. The molecule has 0 saturated carbocycles. The van der Waals surface area contributed by atoms with Crippen LogP contribution >= 0.6 is 0 Å². The van der Waals surface area contributed by atoms with Crippen molar-refractivity contribution in [3.8, 4) is 11.3 Å². The van der Waals surface area contributed by atoms with E-state index in [9.17, 15) is 17.6 Å². The number of nitrogen functional groups attached to an aromatic ring is 1. The Morgan fingerprint density at radius 2 is 1.81 bits per heavy atom. The standard InChI is InChI=1S/C21H19FN6O3S/c1-12(2)28-19-17(11-24-21(23)26-19)25-18(20(28)29)13-8-9-16(15(22)10-13)27-32(30,31)14-6-4-3-5-7-14/h3-12,27H,1-2H3,(H2,23,24,26). The molecule has 0 amide bonds. The first-order valence-electron chi connectivity index (χ1n) is 9.60. The summed E-state index contributed by atoms with van der Waals surface area (Å²) in [5.74, 6) is -0.852. The topological polar surface area (TPSA) is 133 Å². The first-order valence-corrected chi connectivity index (χ1v) is 11.1. The molecule has 0 fully saturated rings. The normalized spacial score (nSPS) is 11.8. The van der Waals surface area contributed by atoms with Crippen LogP contribution in [0, 0.1) is 5.82 Å². The Morgan fingerprint density at radius 1 is 1.09 bits per heavy atom. The first-order chi connectivity index (χ1) is 15.2. The van der Waals surface area contributed by atoms with Gasteiger partial charge in [-0.05, 0) is 38.1 Å². The van der Waals surface area contributed by atoms with E-state index < -0.39 is 21.4 Å². The summed E-state index contributed by atoms with van der Waals surface area (Å²) in [4.78, 5) is 25.4. The van der Waals surface area contributed by atoms with Gasteiger partial charge in [0.05, 0.1) is 16.8 Å². The molecule has 164 valence electrons. The summed E-state index contributed by atoms with van der Waals surface area (Å²) in [5.41, 5.74) is 5.67. The Balaban J connectivity index is 1.79. The second kappa shape index (κ2) is 8.00. The molecular weight excluding hydrogens is 435 g/mol. The summed E-state index contributed by atoms with van der Waals surface area (Å²) in [6.45, 7) is 3.59. The van der Waals surface area contributed by atoms with Gasteiger partial charge in [0.2, 0.25) is 5.95 Å². The molecule has 9 nitrogen and oxygen atoms in total. The van der Waals surface area contributed by atoms with Crippen molar-refractivity contribution in [2.75, 3.05) is 10.5 Å². The van der Waals surface area contributed by atoms with Crippen LogP contribution in [0.2, 0.25) is 0 Å². The van der Waals surface area contributed by atoms with E-state index in [0.717, 1.165) is 6.07 Å². The average Bonchev–Trinajstić information content (AvgIpc) is 2.75. The molecule has 4 aromatic rings. The van der Waals surface area contributed by atoms with Crippen LogP contribution in [0.25, 0.3) is 22.4 Å². The van der Waals surface area contributed by atoms with Gasteiger partial charge >= 0.3 is 0 Å². The van der Waals surface area contributed by atoms with Crippen LogP contribution in [0.4, 0.5) is 16.0 Å². The number of hydrogen-bond acceptors (Lipinski definition) is 7. The van der Waals surface area contributed by atoms with Gasteiger partial charge in [-0.25, -0.2) is 22.8 Å². The first kappa shape index (κ1) is 21.4. The van der Waals surface area contributed by atoms with E-state index in [-0.39, 0.29) is 39.5 Å². The summed E-state index contributed by atoms with van der Waals surface area (Å²) in [5, 5.41) is 0. The molecule has 0 radical (unpaired) electrons. The minimum Gasteiger partial charge on any atom is -0.368 e. The molecule has 3 N–H and O–H groups in total. The third kappa shape index (κ3) is 3.89. The molecule has 0 saturated heterocycles. The number of nitrogens with one attached hydrogen (secondary N) is 1. The molecule has 32 heavy (non-hydrogen) atoms. The summed E-state index contributed by atoms with van der Waals surface area (Å²) in [6, 6.07) is 11.1. The lowest BCUT2D eigenvalue weighted by Crippen LogP contribution is -2.26. The summed E-state index contributed by atoms with van der Waals surface area (Å²) in [6.07, 6.45) is 1.39. The number of benzene rings is 2. The van der Waals surface area contributed by atoms with E-state index in [1.807, 2.05) is 0 Å². The van der Waals surface area contributed by atoms with Gasteiger partial charge < -0.3 is 5.73 Å². The van der Waals surface area contributed by atoms with Crippen LogP contribution in [-0.4, -0.2) is 27.9 Å². The van der Waals surface area contributed by atoms with Crippen LogP contribution in [0.5, 0.6) is 0 Å². The van der Waals surface area contributed by atoms with Gasteiger partial charge in [-0.1, -0.05) is 24.3 Å². The predicted octanol–water partition coefficient (Wildman–Crippen LogP) is 2.96. The Kier molecular flexibility index (Phi) is 5.35. The number of sulfonamides is 1. The number of hydrogen-bond donors (Lipinski definition) is 2. The van der Waals surface area contributed by atoms with Gasteiger partial charge in [0.15, 0.2) is 5.65 Å². The van der Waals surface area contributed by atoms with E-state index in [4.69, 9.17) is 5.73 Å². The summed E-state index contributed by atoms with van der Waals surface area (Å²) in [7, 11) is -3.97. The van der Waals surface area contributed by atoms with Crippen molar-refractivity contribution in [2.45, 2.75) is 24.8 Å². The van der Waals surface area contributed by atoms with Gasteiger partial charge in [-0.3, -0.25) is 14.1 Å². The molecule has 2 aromatic carbocycles. The van der Waals surface area contributed by atoms with Gasteiger partial charge in [-0.15, -0.1) is 0 Å². The molecule has 0 aliphatic rings. The van der Waals surface area contributed by atoms with E-state index in [1.54, 1.807) is 32.0 Å². The summed E-state index contributed by atoms with van der Waals surface area (Å²) >= 11 is 0. The molecule has 0 bridgehead atoms. The molecule has 0 atom stereocenters. The van der Waals surface area contributed by atoms with Crippen LogP contribution in [0.1, 0.15) is 19.9 Å². The maximum Gasteiger partial charge on any atom is 0.278 e. The van der Waals surface area contributed by atoms with Crippen molar-refractivity contribution in [1.82, 2.24) is 19.5 Å². The molecule has 0 unspecified atom stereocenters. The number of anilines is 2. The van der Waals surface area contributed by atoms with Crippen LogP contribution in [0.3, 0.4) is 0 Å². The lowest BCUT2D eigenvalue weighted by Gasteiger charge is -2.15. The SMILES string of the molecule is CC(C)n1c(=O)c(-c2ccc(NS(=O)(=O)c3ccccc3)c(F)c2)nc2cnc(N)nc21. The highest BCUT2D eigenvalue weighted by Crippen LogP contribution is 2.25. The van der Waals surface area contributed by atoms with Gasteiger partial charge in [0.1, 0.15) is 17.0 Å². The van der Waals surface area contributed by atoms with Crippen LogP contribution < -0.4 is 16.0 Å². The fourth-order valence-corrected chi connectivity index (χ4v) is 4.32. The molecular formula is C21H19FN6O3S. The van der Waals surface area contributed by atoms with Gasteiger partial charge in [-0.2, -0.15) is 4.98 Å². The van der Waals surface area contributed by atoms with Crippen molar-refractivity contribution in [3.05, 3.63) is 70.9 Å². The number of aromatic nitrogens is 4. The average molecular weight is 454 g/mol. The molecule has 4 rings (SSSR count). The minimum atomic E-state index is -3.97. The highest BCUT2D eigenvalue weighted by molar-refractivity contribution is 7.92. The van der Waals surface area contributed by atoms with Crippen LogP contribution in [-0.2, 0) is 10.0 Å². The highest BCUT2D eigenvalue weighted by Gasteiger charge is 2.20. The summed E-state index contributed by atoms with van der Waals surface area (Å²) < 4.78 is 43.4. The molecule has 2 heterocycles. The molecule has 0 spiro atoms. The Labute approximate surface area is 182 Å². The third-order valence-corrected chi connectivity index (χ3v) is 6.09. The van der Waals surface area contributed by atoms with E-state index >= 15 is 0 Å². The van der Waals surface area contributed by atoms with E-state index in [2.05, 4.69) is 19.7 Å². The number of halogens is 1. The molecule has 11 heteroatoms.